The molecule has 4 heteroatoms. The van der Waals surface area contributed by atoms with E-state index in [-0.39, 0.29) is 12.0 Å². The lowest BCUT2D eigenvalue weighted by Gasteiger charge is -2.23. The second-order valence-electron chi connectivity index (χ2n) is 3.65. The molecule has 2 atom stereocenters. The van der Waals surface area contributed by atoms with Crippen molar-refractivity contribution in [3.8, 4) is 0 Å². The quantitative estimate of drug-likeness (QED) is 0.802. The van der Waals surface area contributed by atoms with Gasteiger partial charge in [-0.15, -0.1) is 0 Å². The highest BCUT2D eigenvalue weighted by atomic mass is 19.1. The lowest BCUT2D eigenvalue weighted by Crippen LogP contribution is -2.29. The molecular weight excluding hydrogens is 198 g/mol. The molecule has 0 aliphatic heterocycles. The predicted octanol–water partition coefficient (Wildman–Crippen LogP) is 1.82. The third-order valence-electron chi connectivity index (χ3n) is 2.55. The van der Waals surface area contributed by atoms with Crippen molar-refractivity contribution < 1.29 is 8.78 Å². The SMILES string of the molecule is CNC(c1ccc(F)cc1F)C(C)CN. The Morgan fingerprint density at radius 1 is 1.40 bits per heavy atom. The summed E-state index contributed by atoms with van der Waals surface area (Å²) < 4.78 is 26.2. The number of hydrogen-bond acceptors (Lipinski definition) is 2. The van der Waals surface area contributed by atoms with Gasteiger partial charge in [0, 0.05) is 17.7 Å². The van der Waals surface area contributed by atoms with Crippen LogP contribution < -0.4 is 11.1 Å². The molecule has 0 saturated carbocycles. The van der Waals surface area contributed by atoms with E-state index in [2.05, 4.69) is 5.32 Å². The van der Waals surface area contributed by atoms with Crippen molar-refractivity contribution >= 4 is 0 Å². The van der Waals surface area contributed by atoms with Crippen LogP contribution >= 0.6 is 0 Å². The number of nitrogens with one attached hydrogen (secondary N) is 1. The molecular formula is C11H16F2N2. The summed E-state index contributed by atoms with van der Waals surface area (Å²) in [5.74, 6) is -1.00. The lowest BCUT2D eigenvalue weighted by atomic mass is 9.94. The highest BCUT2D eigenvalue weighted by Gasteiger charge is 2.19. The van der Waals surface area contributed by atoms with Crippen LogP contribution in [0.25, 0.3) is 0 Å². The minimum Gasteiger partial charge on any atom is -0.330 e. The number of halogens is 2. The fourth-order valence-electron chi connectivity index (χ4n) is 1.64. The first-order valence-corrected chi connectivity index (χ1v) is 4.92. The normalized spacial score (nSPS) is 15.0. The zero-order valence-corrected chi connectivity index (χ0v) is 8.93. The monoisotopic (exact) mass is 214 g/mol. The number of hydrogen-bond donors (Lipinski definition) is 2. The summed E-state index contributed by atoms with van der Waals surface area (Å²) in [7, 11) is 1.74. The molecule has 0 radical (unpaired) electrons. The predicted molar refractivity (Wildman–Crippen MR) is 56.4 cm³/mol. The summed E-state index contributed by atoms with van der Waals surface area (Å²) in [6.07, 6.45) is 0. The van der Waals surface area contributed by atoms with Crippen LogP contribution in [0, 0.1) is 17.6 Å². The van der Waals surface area contributed by atoms with Crippen molar-refractivity contribution in [2.45, 2.75) is 13.0 Å². The van der Waals surface area contributed by atoms with Crippen LogP contribution in [-0.4, -0.2) is 13.6 Å². The van der Waals surface area contributed by atoms with Crippen molar-refractivity contribution in [1.29, 1.82) is 0 Å². The summed E-state index contributed by atoms with van der Waals surface area (Å²) in [5.41, 5.74) is 5.98. The highest BCUT2D eigenvalue weighted by Crippen LogP contribution is 2.23. The van der Waals surface area contributed by atoms with Gasteiger partial charge >= 0.3 is 0 Å². The molecule has 0 heterocycles. The maximum Gasteiger partial charge on any atom is 0.130 e. The van der Waals surface area contributed by atoms with Crippen LogP contribution in [0.3, 0.4) is 0 Å². The van der Waals surface area contributed by atoms with Crippen molar-refractivity contribution in [3.05, 3.63) is 35.4 Å². The van der Waals surface area contributed by atoms with Gasteiger partial charge < -0.3 is 11.1 Å². The lowest BCUT2D eigenvalue weighted by molar-refractivity contribution is 0.403. The smallest absolute Gasteiger partial charge is 0.130 e. The minimum absolute atomic E-state index is 0.0926. The molecule has 0 aliphatic carbocycles. The van der Waals surface area contributed by atoms with E-state index in [1.54, 1.807) is 7.05 Å². The first kappa shape index (κ1) is 12.1. The molecule has 3 N–H and O–H groups in total. The van der Waals surface area contributed by atoms with Gasteiger partial charge in [0.1, 0.15) is 11.6 Å². The van der Waals surface area contributed by atoms with Crippen molar-refractivity contribution in [1.82, 2.24) is 5.32 Å². The molecule has 2 unspecified atom stereocenters. The average molecular weight is 214 g/mol. The van der Waals surface area contributed by atoms with Gasteiger partial charge in [0.05, 0.1) is 0 Å². The second kappa shape index (κ2) is 5.19. The van der Waals surface area contributed by atoms with E-state index >= 15 is 0 Å². The zero-order chi connectivity index (χ0) is 11.4. The first-order chi connectivity index (χ1) is 7.10. The van der Waals surface area contributed by atoms with Gasteiger partial charge in [-0.05, 0) is 25.6 Å². The molecule has 0 fully saturated rings. The van der Waals surface area contributed by atoms with Crippen molar-refractivity contribution in [3.63, 3.8) is 0 Å². The Hall–Kier alpha value is -1.00. The fraction of sp³-hybridized carbons (Fsp3) is 0.455. The standard InChI is InChI=1S/C11H16F2N2/c1-7(6-14)11(15-2)9-4-3-8(12)5-10(9)13/h3-5,7,11,15H,6,14H2,1-2H3. The van der Waals surface area contributed by atoms with Gasteiger partial charge in [0.15, 0.2) is 0 Å². The topological polar surface area (TPSA) is 38.0 Å². The summed E-state index contributed by atoms with van der Waals surface area (Å²) in [6, 6.07) is 3.42. The van der Waals surface area contributed by atoms with Gasteiger partial charge in [-0.3, -0.25) is 0 Å². The van der Waals surface area contributed by atoms with Crippen LogP contribution in [0.1, 0.15) is 18.5 Å². The third-order valence-corrected chi connectivity index (χ3v) is 2.55. The van der Waals surface area contributed by atoms with E-state index in [1.165, 1.54) is 12.1 Å². The number of benzene rings is 1. The van der Waals surface area contributed by atoms with Crippen LogP contribution in [0.4, 0.5) is 8.78 Å². The summed E-state index contributed by atoms with van der Waals surface area (Å²) in [5, 5.41) is 2.99. The van der Waals surface area contributed by atoms with Crippen molar-refractivity contribution in [2.24, 2.45) is 11.7 Å². The van der Waals surface area contributed by atoms with E-state index in [0.29, 0.717) is 12.1 Å². The average Bonchev–Trinajstić information content (AvgIpc) is 2.21. The highest BCUT2D eigenvalue weighted by molar-refractivity contribution is 5.22. The van der Waals surface area contributed by atoms with E-state index < -0.39 is 11.6 Å². The second-order valence-corrected chi connectivity index (χ2v) is 3.65. The van der Waals surface area contributed by atoms with Crippen LogP contribution in [0.15, 0.2) is 18.2 Å². The molecule has 0 spiro atoms. The zero-order valence-electron chi connectivity index (χ0n) is 8.93. The molecule has 1 aromatic rings. The Bertz CT molecular complexity index is 328. The van der Waals surface area contributed by atoms with E-state index in [4.69, 9.17) is 5.73 Å². The molecule has 0 amide bonds. The third kappa shape index (κ3) is 2.73. The Morgan fingerprint density at radius 3 is 2.53 bits per heavy atom. The van der Waals surface area contributed by atoms with Gasteiger partial charge in [0.2, 0.25) is 0 Å². The fourth-order valence-corrected chi connectivity index (χ4v) is 1.64. The van der Waals surface area contributed by atoms with E-state index in [0.717, 1.165) is 6.07 Å². The Balaban J connectivity index is 3.01. The molecule has 84 valence electrons. The van der Waals surface area contributed by atoms with Crippen LogP contribution in [0.2, 0.25) is 0 Å². The molecule has 0 bridgehead atoms. The van der Waals surface area contributed by atoms with Crippen LogP contribution in [0.5, 0.6) is 0 Å². The van der Waals surface area contributed by atoms with Crippen molar-refractivity contribution in [2.75, 3.05) is 13.6 Å². The molecule has 0 aromatic heterocycles. The first-order valence-electron chi connectivity index (χ1n) is 4.92. The maximum atomic E-state index is 13.5. The number of rotatable bonds is 4. The molecule has 2 nitrogen and oxygen atoms in total. The number of nitrogens with two attached hydrogens (primary N) is 1. The summed E-state index contributed by atoms with van der Waals surface area (Å²) in [6.45, 7) is 2.37. The molecule has 0 aliphatic rings. The van der Waals surface area contributed by atoms with Gasteiger partial charge in [-0.1, -0.05) is 13.0 Å². The Kier molecular flexibility index (Phi) is 4.17. The maximum absolute atomic E-state index is 13.5. The van der Waals surface area contributed by atoms with E-state index in [1.807, 2.05) is 6.92 Å². The van der Waals surface area contributed by atoms with Crippen LogP contribution in [-0.2, 0) is 0 Å². The molecule has 1 rings (SSSR count). The van der Waals surface area contributed by atoms with Gasteiger partial charge in [-0.2, -0.15) is 0 Å². The van der Waals surface area contributed by atoms with Gasteiger partial charge in [-0.25, -0.2) is 8.78 Å². The Labute approximate surface area is 88.5 Å². The van der Waals surface area contributed by atoms with Gasteiger partial charge in [0.25, 0.3) is 0 Å². The molecule has 15 heavy (non-hydrogen) atoms. The molecule has 0 saturated heterocycles. The summed E-state index contributed by atoms with van der Waals surface area (Å²) >= 11 is 0. The largest absolute Gasteiger partial charge is 0.330 e. The van der Waals surface area contributed by atoms with E-state index in [9.17, 15) is 8.78 Å². The Morgan fingerprint density at radius 2 is 2.07 bits per heavy atom. The summed E-state index contributed by atoms with van der Waals surface area (Å²) in [4.78, 5) is 0. The minimum atomic E-state index is -0.563. The molecule has 1 aromatic carbocycles.